The number of rotatable bonds is 9. The molecule has 0 aromatic heterocycles. The highest BCUT2D eigenvalue weighted by Gasteiger charge is 2.22. The van der Waals surface area contributed by atoms with Crippen molar-refractivity contribution in [3.8, 4) is 5.75 Å². The minimum atomic E-state index is -3.64. The average Bonchev–Trinajstić information content (AvgIpc) is 2.79. The highest BCUT2D eigenvalue weighted by molar-refractivity contribution is 7.89. The average molecular weight is 510 g/mol. The van der Waals surface area contributed by atoms with Gasteiger partial charge in [-0.3, -0.25) is 4.79 Å². The van der Waals surface area contributed by atoms with E-state index in [0.29, 0.717) is 17.0 Å². The van der Waals surface area contributed by atoms with Crippen LogP contribution in [0.3, 0.4) is 0 Å². The molecule has 0 spiro atoms. The molecule has 1 aliphatic rings. The van der Waals surface area contributed by atoms with E-state index in [2.05, 4.69) is 10.0 Å². The largest absolute Gasteiger partial charge is 0.484 e. The van der Waals surface area contributed by atoms with Crippen LogP contribution >= 0.6 is 0 Å². The third-order valence-electron chi connectivity index (χ3n) is 5.69. The first-order valence-electron chi connectivity index (χ1n) is 11.1. The number of benzene rings is 2. The van der Waals surface area contributed by atoms with E-state index in [1.54, 1.807) is 13.0 Å². The van der Waals surface area contributed by atoms with Crippen LogP contribution in [0, 0.1) is 6.92 Å². The van der Waals surface area contributed by atoms with Crippen molar-refractivity contribution in [2.24, 2.45) is 0 Å². The Hall–Kier alpha value is -2.47. The first-order valence-corrected chi connectivity index (χ1v) is 14.0. The molecule has 3 rings (SSSR count). The first kappa shape index (κ1) is 26.1. The fourth-order valence-electron chi connectivity index (χ4n) is 3.67. The Morgan fingerprint density at radius 2 is 1.59 bits per heavy atom. The molecule has 0 bridgehead atoms. The maximum Gasteiger partial charge on any atom is 0.262 e. The van der Waals surface area contributed by atoms with Gasteiger partial charge in [0.2, 0.25) is 20.0 Å². The van der Waals surface area contributed by atoms with Gasteiger partial charge < -0.3 is 10.1 Å². The molecule has 9 nitrogen and oxygen atoms in total. The summed E-state index contributed by atoms with van der Waals surface area (Å²) >= 11 is 0. The molecule has 2 aromatic carbocycles. The zero-order chi connectivity index (χ0) is 24.9. The number of carbonyl (C=O) groups is 1. The van der Waals surface area contributed by atoms with E-state index in [-0.39, 0.29) is 22.4 Å². The summed E-state index contributed by atoms with van der Waals surface area (Å²) in [6.45, 7) is 1.43. The van der Waals surface area contributed by atoms with E-state index in [4.69, 9.17) is 4.74 Å². The lowest BCUT2D eigenvalue weighted by molar-refractivity contribution is -0.118. The second-order valence-corrected chi connectivity index (χ2v) is 12.4. The molecule has 2 aromatic rings. The van der Waals surface area contributed by atoms with Gasteiger partial charge in [-0.25, -0.2) is 25.9 Å². The standard InChI is InChI=1S/C23H31N3O6S2/c1-17-9-12-21(34(30,31)26(2)3)15-22(17)24-23(27)16-32-19-10-13-20(14-11-19)33(28,29)25-18-7-5-4-6-8-18/h9-15,18,25H,4-8,16H2,1-3H3,(H,24,27). The summed E-state index contributed by atoms with van der Waals surface area (Å²) in [5.41, 5.74) is 1.07. The molecule has 0 heterocycles. The number of aryl methyl sites for hydroxylation is 1. The number of hydrogen-bond donors (Lipinski definition) is 2. The maximum absolute atomic E-state index is 12.6. The Balaban J connectivity index is 1.59. The number of ether oxygens (including phenoxy) is 1. The van der Waals surface area contributed by atoms with Gasteiger partial charge in [0.15, 0.2) is 6.61 Å². The van der Waals surface area contributed by atoms with Crippen LogP contribution in [0.25, 0.3) is 0 Å². The summed E-state index contributed by atoms with van der Waals surface area (Å²) in [6.07, 6.45) is 4.88. The Morgan fingerprint density at radius 1 is 0.971 bits per heavy atom. The molecule has 0 unspecified atom stereocenters. The predicted octanol–water partition coefficient (Wildman–Crippen LogP) is 2.87. The van der Waals surface area contributed by atoms with Gasteiger partial charge in [0.25, 0.3) is 5.91 Å². The third kappa shape index (κ3) is 6.56. The molecule has 1 aliphatic carbocycles. The molecule has 0 saturated heterocycles. The van der Waals surface area contributed by atoms with Crippen molar-refractivity contribution < 1.29 is 26.4 Å². The van der Waals surface area contributed by atoms with Gasteiger partial charge in [0.1, 0.15) is 5.75 Å². The first-order chi connectivity index (χ1) is 16.0. The summed E-state index contributed by atoms with van der Waals surface area (Å²) in [7, 11) is -4.38. The number of sulfonamides is 2. The predicted molar refractivity (Wildman–Crippen MR) is 130 cm³/mol. The number of nitrogens with one attached hydrogen (secondary N) is 2. The lowest BCUT2D eigenvalue weighted by Gasteiger charge is -2.22. The van der Waals surface area contributed by atoms with Crippen LogP contribution in [-0.4, -0.2) is 53.8 Å². The molecule has 0 radical (unpaired) electrons. The van der Waals surface area contributed by atoms with Crippen LogP contribution in [0.15, 0.2) is 52.3 Å². The zero-order valence-electron chi connectivity index (χ0n) is 19.6. The molecule has 1 fully saturated rings. The number of nitrogens with zero attached hydrogens (tertiary/aromatic N) is 1. The van der Waals surface area contributed by atoms with Crippen LogP contribution < -0.4 is 14.8 Å². The van der Waals surface area contributed by atoms with E-state index in [0.717, 1.165) is 36.4 Å². The van der Waals surface area contributed by atoms with Gasteiger partial charge in [-0.15, -0.1) is 0 Å². The Labute approximate surface area is 201 Å². The van der Waals surface area contributed by atoms with Crippen LogP contribution in [0.2, 0.25) is 0 Å². The summed E-state index contributed by atoms with van der Waals surface area (Å²) in [4.78, 5) is 12.6. The second-order valence-electron chi connectivity index (χ2n) is 8.53. The zero-order valence-corrected chi connectivity index (χ0v) is 21.2. The van der Waals surface area contributed by atoms with Crippen molar-refractivity contribution in [3.63, 3.8) is 0 Å². The van der Waals surface area contributed by atoms with Crippen molar-refractivity contribution in [1.29, 1.82) is 0 Å². The molecule has 1 amide bonds. The number of carbonyl (C=O) groups excluding carboxylic acids is 1. The monoisotopic (exact) mass is 509 g/mol. The second kappa shape index (κ2) is 10.9. The van der Waals surface area contributed by atoms with Gasteiger partial charge in [-0.05, 0) is 61.7 Å². The van der Waals surface area contributed by atoms with Crippen molar-refractivity contribution in [1.82, 2.24) is 9.03 Å². The maximum atomic E-state index is 12.6. The van der Waals surface area contributed by atoms with Crippen molar-refractivity contribution in [2.75, 3.05) is 26.0 Å². The van der Waals surface area contributed by atoms with Gasteiger partial charge >= 0.3 is 0 Å². The van der Waals surface area contributed by atoms with Crippen LogP contribution in [0.4, 0.5) is 5.69 Å². The lowest BCUT2D eigenvalue weighted by Crippen LogP contribution is -2.36. The highest BCUT2D eigenvalue weighted by atomic mass is 32.2. The van der Waals surface area contributed by atoms with Crippen molar-refractivity contribution >= 4 is 31.6 Å². The highest BCUT2D eigenvalue weighted by Crippen LogP contribution is 2.23. The third-order valence-corrected chi connectivity index (χ3v) is 9.04. The number of amides is 1. The molecular formula is C23H31N3O6S2. The minimum absolute atomic E-state index is 0.0342. The molecule has 0 atom stereocenters. The number of hydrogen-bond acceptors (Lipinski definition) is 6. The summed E-state index contributed by atoms with van der Waals surface area (Å²) < 4.78 is 59.2. The Kier molecular flexibility index (Phi) is 8.34. The molecule has 186 valence electrons. The summed E-state index contributed by atoms with van der Waals surface area (Å²) in [6, 6.07) is 10.4. The normalized spacial score (nSPS) is 15.3. The molecule has 11 heteroatoms. The van der Waals surface area contributed by atoms with E-state index in [1.165, 1.54) is 50.5 Å². The summed E-state index contributed by atoms with van der Waals surface area (Å²) in [5, 5.41) is 2.66. The topological polar surface area (TPSA) is 122 Å². The lowest BCUT2D eigenvalue weighted by atomic mass is 9.96. The SMILES string of the molecule is Cc1ccc(S(=O)(=O)N(C)C)cc1NC(=O)COc1ccc(S(=O)(=O)NC2CCCCC2)cc1. The van der Waals surface area contributed by atoms with Crippen molar-refractivity contribution in [3.05, 3.63) is 48.0 Å². The van der Waals surface area contributed by atoms with E-state index >= 15 is 0 Å². The molecule has 2 N–H and O–H groups in total. The fraction of sp³-hybridized carbons (Fsp3) is 0.435. The Morgan fingerprint density at radius 3 is 2.21 bits per heavy atom. The molecule has 1 saturated carbocycles. The van der Waals surface area contributed by atoms with Crippen LogP contribution in [-0.2, 0) is 24.8 Å². The van der Waals surface area contributed by atoms with E-state index in [9.17, 15) is 21.6 Å². The van der Waals surface area contributed by atoms with Gasteiger partial charge in [0, 0.05) is 25.8 Å². The van der Waals surface area contributed by atoms with Gasteiger partial charge in [-0.1, -0.05) is 25.3 Å². The fourth-order valence-corrected chi connectivity index (χ4v) is 5.90. The smallest absolute Gasteiger partial charge is 0.262 e. The molecular weight excluding hydrogens is 478 g/mol. The molecule has 34 heavy (non-hydrogen) atoms. The van der Waals surface area contributed by atoms with E-state index < -0.39 is 26.0 Å². The van der Waals surface area contributed by atoms with E-state index in [1.807, 2.05) is 0 Å². The Bertz CT molecular complexity index is 1220. The van der Waals surface area contributed by atoms with Crippen LogP contribution in [0.1, 0.15) is 37.7 Å². The van der Waals surface area contributed by atoms with Crippen molar-refractivity contribution in [2.45, 2.75) is 54.9 Å². The molecule has 0 aliphatic heterocycles. The summed E-state index contributed by atoms with van der Waals surface area (Å²) in [5.74, 6) is -0.134. The number of anilines is 1. The van der Waals surface area contributed by atoms with Gasteiger partial charge in [-0.2, -0.15) is 0 Å². The van der Waals surface area contributed by atoms with Gasteiger partial charge in [0.05, 0.1) is 9.79 Å². The van der Waals surface area contributed by atoms with Crippen LogP contribution in [0.5, 0.6) is 5.75 Å². The quantitative estimate of drug-likeness (QED) is 0.536. The minimum Gasteiger partial charge on any atom is -0.484 e.